The first-order valence-electron chi connectivity index (χ1n) is 5.70. The Labute approximate surface area is 110 Å². The SMILES string of the molecule is CNC(=O)c1ccc(Oc2ccc(N)c(C)c2)nn1. The van der Waals surface area contributed by atoms with Gasteiger partial charge in [0.2, 0.25) is 5.88 Å². The Bertz CT molecular complexity index is 596. The number of ether oxygens (including phenoxy) is 1. The van der Waals surface area contributed by atoms with Gasteiger partial charge in [0.05, 0.1) is 0 Å². The number of hydrogen-bond acceptors (Lipinski definition) is 5. The maximum Gasteiger partial charge on any atom is 0.271 e. The molecule has 1 heterocycles. The van der Waals surface area contributed by atoms with Crippen molar-refractivity contribution in [3.05, 3.63) is 41.6 Å². The predicted molar refractivity (Wildman–Crippen MR) is 71.1 cm³/mol. The number of rotatable bonds is 3. The summed E-state index contributed by atoms with van der Waals surface area (Å²) >= 11 is 0. The van der Waals surface area contributed by atoms with E-state index >= 15 is 0 Å². The summed E-state index contributed by atoms with van der Waals surface area (Å²) in [5, 5.41) is 10.1. The second-order valence-electron chi connectivity index (χ2n) is 3.96. The summed E-state index contributed by atoms with van der Waals surface area (Å²) in [7, 11) is 1.53. The molecule has 0 spiro atoms. The van der Waals surface area contributed by atoms with Crippen LogP contribution in [0.4, 0.5) is 5.69 Å². The van der Waals surface area contributed by atoms with Crippen molar-refractivity contribution in [2.45, 2.75) is 6.92 Å². The molecule has 2 aromatic rings. The summed E-state index contributed by atoms with van der Waals surface area (Å²) in [6.45, 7) is 1.89. The van der Waals surface area contributed by atoms with Crippen molar-refractivity contribution >= 4 is 11.6 Å². The van der Waals surface area contributed by atoms with Gasteiger partial charge in [0, 0.05) is 18.8 Å². The number of amides is 1. The van der Waals surface area contributed by atoms with Crippen molar-refractivity contribution in [3.63, 3.8) is 0 Å². The fourth-order valence-electron chi connectivity index (χ4n) is 1.46. The number of aryl methyl sites for hydroxylation is 1. The van der Waals surface area contributed by atoms with Crippen LogP contribution >= 0.6 is 0 Å². The van der Waals surface area contributed by atoms with Crippen LogP contribution in [-0.2, 0) is 0 Å². The normalized spacial score (nSPS) is 10.0. The number of carbonyl (C=O) groups is 1. The Kier molecular flexibility index (Phi) is 3.61. The number of carbonyl (C=O) groups excluding carboxylic acids is 1. The zero-order chi connectivity index (χ0) is 13.8. The summed E-state index contributed by atoms with van der Waals surface area (Å²) in [5.41, 5.74) is 7.59. The number of benzene rings is 1. The number of nitrogen functional groups attached to an aromatic ring is 1. The van der Waals surface area contributed by atoms with E-state index in [1.165, 1.54) is 7.05 Å². The Morgan fingerprint density at radius 2 is 2.05 bits per heavy atom. The highest BCUT2D eigenvalue weighted by molar-refractivity contribution is 5.91. The molecule has 1 aromatic heterocycles. The van der Waals surface area contributed by atoms with Gasteiger partial charge in [0.25, 0.3) is 5.91 Å². The zero-order valence-electron chi connectivity index (χ0n) is 10.7. The van der Waals surface area contributed by atoms with Gasteiger partial charge in [-0.25, -0.2) is 0 Å². The van der Waals surface area contributed by atoms with Gasteiger partial charge in [-0.2, -0.15) is 0 Å². The summed E-state index contributed by atoms with van der Waals surface area (Å²) in [4.78, 5) is 11.3. The molecule has 1 amide bonds. The van der Waals surface area contributed by atoms with Gasteiger partial charge < -0.3 is 15.8 Å². The van der Waals surface area contributed by atoms with Crippen LogP contribution in [0.5, 0.6) is 11.6 Å². The van der Waals surface area contributed by atoms with Gasteiger partial charge in [-0.15, -0.1) is 10.2 Å². The topological polar surface area (TPSA) is 90.1 Å². The number of aromatic nitrogens is 2. The maximum absolute atomic E-state index is 11.3. The first kappa shape index (κ1) is 12.8. The number of nitrogens with zero attached hydrogens (tertiary/aromatic N) is 2. The number of nitrogens with one attached hydrogen (secondary N) is 1. The average molecular weight is 258 g/mol. The minimum Gasteiger partial charge on any atom is -0.438 e. The molecular formula is C13H14N4O2. The second-order valence-corrected chi connectivity index (χ2v) is 3.96. The molecule has 3 N–H and O–H groups in total. The molecule has 0 saturated heterocycles. The smallest absolute Gasteiger partial charge is 0.271 e. The Morgan fingerprint density at radius 1 is 1.26 bits per heavy atom. The lowest BCUT2D eigenvalue weighted by Gasteiger charge is -2.06. The van der Waals surface area contributed by atoms with Gasteiger partial charge in [0.1, 0.15) is 5.75 Å². The van der Waals surface area contributed by atoms with Crippen LogP contribution in [0.3, 0.4) is 0 Å². The fraction of sp³-hybridized carbons (Fsp3) is 0.154. The molecule has 1 aromatic carbocycles. The molecule has 0 aliphatic rings. The van der Waals surface area contributed by atoms with E-state index in [9.17, 15) is 4.79 Å². The standard InChI is InChI=1S/C13H14N4O2/c1-8-7-9(3-4-10(8)14)19-12-6-5-11(16-17-12)13(18)15-2/h3-7H,14H2,1-2H3,(H,15,18). The van der Waals surface area contributed by atoms with Crippen LogP contribution in [0.2, 0.25) is 0 Å². The molecule has 0 aliphatic heterocycles. The lowest BCUT2D eigenvalue weighted by molar-refractivity contribution is 0.0957. The van der Waals surface area contributed by atoms with Gasteiger partial charge in [-0.05, 0) is 36.8 Å². The molecule has 98 valence electrons. The molecule has 0 fully saturated rings. The maximum atomic E-state index is 11.3. The highest BCUT2D eigenvalue weighted by Gasteiger charge is 2.07. The number of nitrogens with two attached hydrogens (primary N) is 1. The molecule has 6 heteroatoms. The summed E-state index contributed by atoms with van der Waals surface area (Å²) in [6.07, 6.45) is 0. The summed E-state index contributed by atoms with van der Waals surface area (Å²) in [5.74, 6) is 0.646. The third-order valence-corrected chi connectivity index (χ3v) is 2.56. The molecular weight excluding hydrogens is 244 g/mol. The highest BCUT2D eigenvalue weighted by Crippen LogP contribution is 2.22. The Morgan fingerprint density at radius 3 is 2.63 bits per heavy atom. The van der Waals surface area contributed by atoms with E-state index in [1.807, 2.05) is 13.0 Å². The van der Waals surface area contributed by atoms with Crippen LogP contribution in [0.1, 0.15) is 16.1 Å². The Hall–Kier alpha value is -2.63. The minimum atomic E-state index is -0.289. The van der Waals surface area contributed by atoms with Crippen LogP contribution in [0, 0.1) is 6.92 Å². The first-order chi connectivity index (χ1) is 9.10. The minimum absolute atomic E-state index is 0.239. The summed E-state index contributed by atoms with van der Waals surface area (Å²) < 4.78 is 5.52. The predicted octanol–water partition coefficient (Wildman–Crippen LogP) is 1.52. The second kappa shape index (κ2) is 5.34. The van der Waals surface area contributed by atoms with Crippen LogP contribution in [-0.4, -0.2) is 23.2 Å². The molecule has 0 radical (unpaired) electrons. The third kappa shape index (κ3) is 2.98. The van der Waals surface area contributed by atoms with E-state index in [1.54, 1.807) is 24.3 Å². The molecule has 0 unspecified atom stereocenters. The van der Waals surface area contributed by atoms with Gasteiger partial charge >= 0.3 is 0 Å². The third-order valence-electron chi connectivity index (χ3n) is 2.56. The van der Waals surface area contributed by atoms with Crippen LogP contribution in [0.15, 0.2) is 30.3 Å². The van der Waals surface area contributed by atoms with Crippen molar-refractivity contribution in [2.24, 2.45) is 0 Å². The van der Waals surface area contributed by atoms with Crippen molar-refractivity contribution in [1.29, 1.82) is 0 Å². The highest BCUT2D eigenvalue weighted by atomic mass is 16.5. The molecule has 2 rings (SSSR count). The fourth-order valence-corrected chi connectivity index (χ4v) is 1.46. The van der Waals surface area contributed by atoms with Gasteiger partial charge in [0.15, 0.2) is 5.69 Å². The van der Waals surface area contributed by atoms with Crippen molar-refractivity contribution in [1.82, 2.24) is 15.5 Å². The van der Waals surface area contributed by atoms with Crippen LogP contribution < -0.4 is 15.8 Å². The van der Waals surface area contributed by atoms with E-state index in [2.05, 4.69) is 15.5 Å². The lowest BCUT2D eigenvalue weighted by Crippen LogP contribution is -2.19. The van der Waals surface area contributed by atoms with E-state index in [0.717, 1.165) is 5.56 Å². The zero-order valence-corrected chi connectivity index (χ0v) is 10.7. The van der Waals surface area contributed by atoms with Crippen molar-refractivity contribution in [3.8, 4) is 11.6 Å². The molecule has 19 heavy (non-hydrogen) atoms. The van der Waals surface area contributed by atoms with E-state index < -0.39 is 0 Å². The van der Waals surface area contributed by atoms with Gasteiger partial charge in [-0.3, -0.25) is 4.79 Å². The molecule has 6 nitrogen and oxygen atoms in total. The average Bonchev–Trinajstić information content (AvgIpc) is 2.43. The Balaban J connectivity index is 2.15. The summed E-state index contributed by atoms with van der Waals surface area (Å²) in [6, 6.07) is 8.45. The quantitative estimate of drug-likeness (QED) is 0.814. The van der Waals surface area contributed by atoms with E-state index in [0.29, 0.717) is 17.3 Å². The molecule has 0 saturated carbocycles. The van der Waals surface area contributed by atoms with Crippen LogP contribution in [0.25, 0.3) is 0 Å². The first-order valence-corrected chi connectivity index (χ1v) is 5.70. The van der Waals surface area contributed by atoms with E-state index in [-0.39, 0.29) is 11.6 Å². The number of hydrogen-bond donors (Lipinski definition) is 2. The molecule has 0 bridgehead atoms. The van der Waals surface area contributed by atoms with Crippen molar-refractivity contribution < 1.29 is 9.53 Å². The van der Waals surface area contributed by atoms with Gasteiger partial charge in [-0.1, -0.05) is 0 Å². The monoisotopic (exact) mass is 258 g/mol. The van der Waals surface area contributed by atoms with Crippen molar-refractivity contribution in [2.75, 3.05) is 12.8 Å². The van der Waals surface area contributed by atoms with E-state index in [4.69, 9.17) is 10.5 Å². The molecule has 0 atom stereocenters. The molecule has 0 aliphatic carbocycles. The number of anilines is 1. The largest absolute Gasteiger partial charge is 0.438 e. The lowest BCUT2D eigenvalue weighted by atomic mass is 10.2.